The van der Waals surface area contributed by atoms with Crippen LogP contribution in [0.1, 0.15) is 18.3 Å². The van der Waals surface area contributed by atoms with E-state index in [-0.39, 0.29) is 0 Å². The maximum Gasteiger partial charge on any atom is 0.205 e. The van der Waals surface area contributed by atoms with E-state index in [0.29, 0.717) is 6.54 Å². The van der Waals surface area contributed by atoms with E-state index in [1.807, 2.05) is 25.2 Å². The first-order valence-corrected chi connectivity index (χ1v) is 9.62. The molecule has 1 N–H and O–H groups in total. The van der Waals surface area contributed by atoms with Crippen LogP contribution >= 0.6 is 23.1 Å². The Labute approximate surface area is 157 Å². The summed E-state index contributed by atoms with van der Waals surface area (Å²) in [6.45, 7) is 6.47. The quantitative estimate of drug-likeness (QED) is 0.654. The third kappa shape index (κ3) is 4.61. The van der Waals surface area contributed by atoms with Crippen molar-refractivity contribution in [1.29, 1.82) is 0 Å². The number of guanidine groups is 1. The van der Waals surface area contributed by atoms with Crippen LogP contribution in [0.15, 0.2) is 29.3 Å². The van der Waals surface area contributed by atoms with Gasteiger partial charge >= 0.3 is 0 Å². The van der Waals surface area contributed by atoms with Crippen molar-refractivity contribution in [1.82, 2.24) is 19.6 Å². The molecule has 2 heterocycles. The summed E-state index contributed by atoms with van der Waals surface area (Å²) in [5, 5.41) is 5.21. The minimum atomic E-state index is 0.712. The van der Waals surface area contributed by atoms with E-state index in [1.54, 1.807) is 0 Å². The number of anilines is 1. The third-order valence-corrected chi connectivity index (χ3v) is 5.22. The summed E-state index contributed by atoms with van der Waals surface area (Å²) in [7, 11) is 1.82. The van der Waals surface area contributed by atoms with Gasteiger partial charge in [-0.05, 0) is 17.7 Å². The van der Waals surface area contributed by atoms with Gasteiger partial charge in [-0.15, -0.1) is 0 Å². The van der Waals surface area contributed by atoms with Gasteiger partial charge in [0.2, 0.25) is 5.13 Å². The molecule has 25 heavy (non-hydrogen) atoms. The molecule has 0 saturated carbocycles. The van der Waals surface area contributed by atoms with E-state index in [4.69, 9.17) is 11.6 Å². The Hall–Kier alpha value is -1.86. The van der Waals surface area contributed by atoms with Crippen molar-refractivity contribution >= 4 is 34.2 Å². The minimum absolute atomic E-state index is 0.712. The van der Waals surface area contributed by atoms with Crippen molar-refractivity contribution in [2.75, 3.05) is 38.1 Å². The van der Waals surface area contributed by atoms with Crippen LogP contribution in [-0.2, 0) is 13.0 Å². The molecule has 1 aromatic carbocycles. The van der Waals surface area contributed by atoms with E-state index in [0.717, 1.165) is 60.1 Å². The molecule has 8 heteroatoms. The molecule has 0 atom stereocenters. The van der Waals surface area contributed by atoms with Crippen LogP contribution in [0.4, 0.5) is 5.13 Å². The molecule has 1 aliphatic rings. The highest BCUT2D eigenvalue weighted by molar-refractivity contribution is 7.09. The first kappa shape index (κ1) is 17.9. The number of aromatic nitrogens is 2. The van der Waals surface area contributed by atoms with Crippen LogP contribution in [0, 0.1) is 0 Å². The molecule has 1 aromatic heterocycles. The summed E-state index contributed by atoms with van der Waals surface area (Å²) >= 11 is 7.54. The standard InChI is InChI=1S/C17H23ClN6S/c1-3-15-21-17(25-22-15)24-9-7-23(8-10-24)16(19-2)20-12-13-5-4-6-14(18)11-13/h4-6,11H,3,7-10,12H2,1-2H3,(H,19,20). The molecule has 1 aliphatic heterocycles. The second kappa shape index (κ2) is 8.49. The summed E-state index contributed by atoms with van der Waals surface area (Å²) < 4.78 is 4.38. The first-order valence-electron chi connectivity index (χ1n) is 8.47. The molecule has 134 valence electrons. The van der Waals surface area contributed by atoms with Gasteiger partial charge < -0.3 is 15.1 Å². The molecular weight excluding hydrogens is 356 g/mol. The smallest absolute Gasteiger partial charge is 0.205 e. The Morgan fingerprint density at radius 1 is 1.32 bits per heavy atom. The first-order chi connectivity index (χ1) is 12.2. The Bertz CT molecular complexity index is 723. The van der Waals surface area contributed by atoms with Crippen LogP contribution in [0.2, 0.25) is 5.02 Å². The summed E-state index contributed by atoms with van der Waals surface area (Å²) in [6.07, 6.45) is 0.885. The Balaban J connectivity index is 1.53. The molecule has 1 saturated heterocycles. The average molecular weight is 379 g/mol. The summed E-state index contributed by atoms with van der Waals surface area (Å²) in [5.41, 5.74) is 1.15. The fourth-order valence-electron chi connectivity index (χ4n) is 2.79. The highest BCUT2D eigenvalue weighted by atomic mass is 35.5. The van der Waals surface area contributed by atoms with Crippen LogP contribution in [0.5, 0.6) is 0 Å². The van der Waals surface area contributed by atoms with Gasteiger partial charge in [0.15, 0.2) is 5.96 Å². The largest absolute Gasteiger partial charge is 0.352 e. The zero-order valence-corrected chi connectivity index (χ0v) is 16.1. The minimum Gasteiger partial charge on any atom is -0.352 e. The van der Waals surface area contributed by atoms with Gasteiger partial charge in [0.1, 0.15) is 5.82 Å². The van der Waals surface area contributed by atoms with Crippen LogP contribution in [0.25, 0.3) is 0 Å². The fourth-order valence-corrected chi connectivity index (χ4v) is 3.80. The number of aryl methyl sites for hydroxylation is 1. The number of halogens is 1. The number of piperazine rings is 1. The van der Waals surface area contributed by atoms with Crippen molar-refractivity contribution in [3.05, 3.63) is 40.7 Å². The molecule has 1 fully saturated rings. The molecule has 6 nitrogen and oxygen atoms in total. The molecule has 0 radical (unpaired) electrons. The van der Waals surface area contributed by atoms with Crippen LogP contribution in [-0.4, -0.2) is 53.4 Å². The van der Waals surface area contributed by atoms with Gasteiger partial charge in [0.05, 0.1) is 0 Å². The normalized spacial score (nSPS) is 15.6. The summed E-state index contributed by atoms with van der Waals surface area (Å²) in [4.78, 5) is 13.6. The Kier molecular flexibility index (Phi) is 6.09. The van der Waals surface area contributed by atoms with Crippen LogP contribution in [0.3, 0.4) is 0 Å². The molecule has 0 aliphatic carbocycles. The second-order valence-electron chi connectivity index (χ2n) is 5.85. The molecule has 0 spiro atoms. The lowest BCUT2D eigenvalue weighted by molar-refractivity contribution is 0.372. The van der Waals surface area contributed by atoms with E-state index >= 15 is 0 Å². The fraction of sp³-hybridized carbons (Fsp3) is 0.471. The van der Waals surface area contributed by atoms with E-state index in [1.165, 1.54) is 11.5 Å². The monoisotopic (exact) mass is 378 g/mol. The van der Waals surface area contributed by atoms with E-state index < -0.39 is 0 Å². The number of rotatable bonds is 4. The Morgan fingerprint density at radius 2 is 2.12 bits per heavy atom. The lowest BCUT2D eigenvalue weighted by Crippen LogP contribution is -2.52. The number of nitrogens with one attached hydrogen (secondary N) is 1. The number of aliphatic imine (C=N–C) groups is 1. The van der Waals surface area contributed by atoms with Crippen LogP contribution < -0.4 is 10.2 Å². The average Bonchev–Trinajstić information content (AvgIpc) is 3.12. The number of benzene rings is 1. The van der Waals surface area contributed by atoms with E-state index in [9.17, 15) is 0 Å². The van der Waals surface area contributed by atoms with Gasteiger partial charge in [-0.2, -0.15) is 4.37 Å². The molecule has 0 bridgehead atoms. The van der Waals surface area contributed by atoms with Gasteiger partial charge in [0, 0.05) is 62.7 Å². The molecular formula is C17H23ClN6S. The molecule has 3 rings (SSSR count). The lowest BCUT2D eigenvalue weighted by atomic mass is 10.2. The van der Waals surface area contributed by atoms with Crippen molar-refractivity contribution in [2.24, 2.45) is 4.99 Å². The maximum atomic E-state index is 6.05. The zero-order chi connectivity index (χ0) is 17.6. The Morgan fingerprint density at radius 3 is 2.76 bits per heavy atom. The maximum absolute atomic E-state index is 6.05. The van der Waals surface area contributed by atoms with Crippen molar-refractivity contribution in [3.8, 4) is 0 Å². The topological polar surface area (TPSA) is 56.7 Å². The molecule has 0 unspecified atom stereocenters. The van der Waals surface area contributed by atoms with Gasteiger partial charge in [-0.1, -0.05) is 30.7 Å². The van der Waals surface area contributed by atoms with Crippen molar-refractivity contribution < 1.29 is 0 Å². The predicted molar refractivity (Wildman–Crippen MR) is 105 cm³/mol. The highest BCUT2D eigenvalue weighted by Gasteiger charge is 2.21. The third-order valence-electron chi connectivity index (χ3n) is 4.17. The molecule has 0 amide bonds. The predicted octanol–water partition coefficient (Wildman–Crippen LogP) is 2.65. The molecule has 2 aromatic rings. The number of hydrogen-bond acceptors (Lipinski definition) is 5. The second-order valence-corrected chi connectivity index (χ2v) is 7.02. The highest BCUT2D eigenvalue weighted by Crippen LogP contribution is 2.19. The van der Waals surface area contributed by atoms with Crippen molar-refractivity contribution in [3.63, 3.8) is 0 Å². The summed E-state index contributed by atoms with van der Waals surface area (Å²) in [5.74, 6) is 1.85. The SMILES string of the molecule is CCc1nsc(N2CCN(C(=NC)NCc3cccc(Cl)c3)CC2)n1. The summed E-state index contributed by atoms with van der Waals surface area (Å²) in [6, 6.07) is 7.88. The lowest BCUT2D eigenvalue weighted by Gasteiger charge is -2.36. The number of nitrogens with zero attached hydrogens (tertiary/aromatic N) is 5. The van der Waals surface area contributed by atoms with Gasteiger partial charge in [-0.3, -0.25) is 4.99 Å². The number of hydrogen-bond donors (Lipinski definition) is 1. The zero-order valence-electron chi connectivity index (χ0n) is 14.6. The van der Waals surface area contributed by atoms with Gasteiger partial charge in [-0.25, -0.2) is 4.98 Å². The van der Waals surface area contributed by atoms with E-state index in [2.05, 4.69) is 42.5 Å². The van der Waals surface area contributed by atoms with Crippen molar-refractivity contribution in [2.45, 2.75) is 19.9 Å². The van der Waals surface area contributed by atoms with Gasteiger partial charge in [0.25, 0.3) is 0 Å².